The first-order valence-electron chi connectivity index (χ1n) is 7.23. The van der Waals surface area contributed by atoms with E-state index >= 15 is 0 Å². The van der Waals surface area contributed by atoms with Crippen LogP contribution in [0.3, 0.4) is 0 Å². The molecule has 0 spiro atoms. The first kappa shape index (κ1) is 17.7. The third kappa shape index (κ3) is 4.42. The Morgan fingerprint density at radius 2 is 1.71 bits per heavy atom. The second-order valence-corrected chi connectivity index (χ2v) is 6.61. The molecule has 0 atom stereocenters. The highest BCUT2D eigenvalue weighted by molar-refractivity contribution is 7.80. The second kappa shape index (κ2) is 6.84. The molecule has 1 heterocycles. The van der Waals surface area contributed by atoms with Gasteiger partial charge in [-0.05, 0) is 48.6 Å². The summed E-state index contributed by atoms with van der Waals surface area (Å²) in [6, 6.07) is 10.0. The number of nitrogens with one attached hydrogen (secondary N) is 2. The standard InChI is InChI=1S/C17H18N2O4S/c1-17(2,3)15(22)19-16(24)18-11-6-4-10(5-7-11)12-8-9-13(23-12)14(20)21/h4-9H,1-3H3,(H,20,21)(H2,18,19,22,24). The van der Waals surface area contributed by atoms with Gasteiger partial charge in [-0.15, -0.1) is 0 Å². The van der Waals surface area contributed by atoms with Gasteiger partial charge in [-0.2, -0.15) is 0 Å². The number of anilines is 1. The highest BCUT2D eigenvalue weighted by Gasteiger charge is 2.21. The monoisotopic (exact) mass is 346 g/mol. The molecule has 0 fully saturated rings. The van der Waals surface area contributed by atoms with Crippen LogP contribution in [0.1, 0.15) is 31.3 Å². The van der Waals surface area contributed by atoms with Crippen molar-refractivity contribution < 1.29 is 19.1 Å². The van der Waals surface area contributed by atoms with E-state index in [1.807, 2.05) is 0 Å². The van der Waals surface area contributed by atoms with Crippen LogP contribution in [-0.2, 0) is 4.79 Å². The molecule has 2 rings (SSSR count). The molecule has 24 heavy (non-hydrogen) atoms. The summed E-state index contributed by atoms with van der Waals surface area (Å²) in [5.74, 6) is -0.936. The highest BCUT2D eigenvalue weighted by atomic mass is 32.1. The summed E-state index contributed by atoms with van der Waals surface area (Å²) in [6.07, 6.45) is 0. The molecule has 0 unspecified atom stereocenters. The minimum atomic E-state index is -1.11. The normalized spacial score (nSPS) is 11.0. The molecule has 0 aliphatic rings. The molecule has 6 nitrogen and oxygen atoms in total. The number of benzene rings is 1. The van der Waals surface area contributed by atoms with Gasteiger partial charge in [0.05, 0.1) is 0 Å². The van der Waals surface area contributed by atoms with E-state index in [0.717, 1.165) is 5.56 Å². The minimum Gasteiger partial charge on any atom is -0.475 e. The van der Waals surface area contributed by atoms with Crippen molar-refractivity contribution in [3.05, 3.63) is 42.2 Å². The fourth-order valence-corrected chi connectivity index (χ4v) is 1.99. The lowest BCUT2D eigenvalue weighted by Gasteiger charge is -2.18. The smallest absolute Gasteiger partial charge is 0.371 e. The van der Waals surface area contributed by atoms with Crippen LogP contribution in [0.4, 0.5) is 5.69 Å². The van der Waals surface area contributed by atoms with Crippen molar-refractivity contribution in [2.75, 3.05) is 5.32 Å². The van der Waals surface area contributed by atoms with Crippen LogP contribution in [0.5, 0.6) is 0 Å². The molecular weight excluding hydrogens is 328 g/mol. The van der Waals surface area contributed by atoms with Crippen molar-refractivity contribution in [1.29, 1.82) is 0 Å². The van der Waals surface area contributed by atoms with Crippen LogP contribution < -0.4 is 10.6 Å². The Balaban J connectivity index is 2.02. The van der Waals surface area contributed by atoms with Crippen LogP contribution in [-0.4, -0.2) is 22.1 Å². The fourth-order valence-electron chi connectivity index (χ4n) is 1.78. The van der Waals surface area contributed by atoms with Gasteiger partial charge in [-0.25, -0.2) is 4.79 Å². The third-order valence-corrected chi connectivity index (χ3v) is 3.36. The first-order valence-corrected chi connectivity index (χ1v) is 7.63. The Morgan fingerprint density at radius 1 is 1.08 bits per heavy atom. The van der Waals surface area contributed by atoms with E-state index in [-0.39, 0.29) is 16.8 Å². The van der Waals surface area contributed by atoms with E-state index in [9.17, 15) is 9.59 Å². The predicted molar refractivity (Wildman–Crippen MR) is 94.9 cm³/mol. The van der Waals surface area contributed by atoms with Crippen molar-refractivity contribution in [1.82, 2.24) is 5.32 Å². The maximum Gasteiger partial charge on any atom is 0.371 e. The molecule has 2 aromatic rings. The number of carbonyl (C=O) groups is 2. The third-order valence-electron chi connectivity index (χ3n) is 3.15. The van der Waals surface area contributed by atoms with Gasteiger partial charge in [0.2, 0.25) is 11.7 Å². The van der Waals surface area contributed by atoms with Crippen LogP contribution in [0, 0.1) is 5.41 Å². The Labute approximate surface area is 144 Å². The lowest BCUT2D eigenvalue weighted by atomic mass is 9.96. The van der Waals surface area contributed by atoms with E-state index in [1.54, 1.807) is 51.1 Å². The molecule has 1 amide bonds. The SMILES string of the molecule is CC(C)(C)C(=O)NC(=S)Nc1ccc(-c2ccc(C(=O)O)o2)cc1. The molecule has 7 heteroatoms. The zero-order valence-electron chi connectivity index (χ0n) is 13.5. The average Bonchev–Trinajstić information content (AvgIpc) is 2.97. The van der Waals surface area contributed by atoms with Crippen molar-refractivity contribution in [3.8, 4) is 11.3 Å². The molecule has 1 aromatic carbocycles. The number of rotatable bonds is 3. The van der Waals surface area contributed by atoms with Crippen LogP contribution >= 0.6 is 12.2 Å². The minimum absolute atomic E-state index is 0.113. The van der Waals surface area contributed by atoms with Crippen LogP contribution in [0.15, 0.2) is 40.8 Å². The van der Waals surface area contributed by atoms with Gasteiger partial charge in [0.15, 0.2) is 5.11 Å². The van der Waals surface area contributed by atoms with Crippen LogP contribution in [0.25, 0.3) is 11.3 Å². The zero-order chi connectivity index (χ0) is 17.9. The quantitative estimate of drug-likeness (QED) is 0.737. The van der Waals surface area contributed by atoms with Crippen molar-refractivity contribution >= 4 is 34.9 Å². The van der Waals surface area contributed by atoms with E-state index in [4.69, 9.17) is 21.7 Å². The number of hydrogen-bond acceptors (Lipinski definition) is 4. The highest BCUT2D eigenvalue weighted by Crippen LogP contribution is 2.24. The molecule has 3 N–H and O–H groups in total. The Bertz CT molecular complexity index is 773. The number of hydrogen-bond donors (Lipinski definition) is 3. The van der Waals surface area contributed by atoms with Gasteiger partial charge in [-0.3, -0.25) is 4.79 Å². The second-order valence-electron chi connectivity index (χ2n) is 6.20. The predicted octanol–water partition coefficient (Wildman–Crippen LogP) is 3.50. The van der Waals surface area contributed by atoms with Crippen molar-refractivity contribution in [2.45, 2.75) is 20.8 Å². The topological polar surface area (TPSA) is 91.6 Å². The van der Waals surface area contributed by atoms with Gasteiger partial charge in [-0.1, -0.05) is 20.8 Å². The van der Waals surface area contributed by atoms with Gasteiger partial charge in [0.1, 0.15) is 5.76 Å². The number of aromatic carboxylic acids is 1. The van der Waals surface area contributed by atoms with Crippen molar-refractivity contribution in [3.63, 3.8) is 0 Å². The molecule has 0 saturated carbocycles. The van der Waals surface area contributed by atoms with E-state index in [0.29, 0.717) is 11.4 Å². The van der Waals surface area contributed by atoms with Gasteiger partial charge >= 0.3 is 5.97 Å². The maximum absolute atomic E-state index is 11.9. The largest absolute Gasteiger partial charge is 0.475 e. The lowest BCUT2D eigenvalue weighted by Crippen LogP contribution is -2.41. The summed E-state index contributed by atoms with van der Waals surface area (Å²) in [7, 11) is 0. The summed E-state index contributed by atoms with van der Waals surface area (Å²) in [5, 5.41) is 14.6. The summed E-state index contributed by atoms with van der Waals surface area (Å²) in [4.78, 5) is 22.7. The zero-order valence-corrected chi connectivity index (χ0v) is 14.4. The number of carbonyl (C=O) groups excluding carboxylic acids is 1. The molecular formula is C17H18N2O4S. The van der Waals surface area contributed by atoms with E-state index in [1.165, 1.54) is 6.07 Å². The summed E-state index contributed by atoms with van der Waals surface area (Å²) < 4.78 is 5.24. The number of carboxylic acids is 1. The number of furan rings is 1. The maximum atomic E-state index is 11.9. The lowest BCUT2D eigenvalue weighted by molar-refractivity contribution is -0.126. The summed E-state index contributed by atoms with van der Waals surface area (Å²) in [5.41, 5.74) is 0.900. The number of carboxylic acid groups (broad SMARTS) is 1. The molecule has 126 valence electrons. The molecule has 0 radical (unpaired) electrons. The van der Waals surface area contributed by atoms with Gasteiger partial charge in [0, 0.05) is 16.7 Å². The van der Waals surface area contributed by atoms with Crippen molar-refractivity contribution in [2.24, 2.45) is 5.41 Å². The molecule has 0 bridgehead atoms. The number of amides is 1. The molecule has 0 aliphatic heterocycles. The van der Waals surface area contributed by atoms with Gasteiger partial charge < -0.3 is 20.2 Å². The first-order chi connectivity index (χ1) is 11.2. The Hall–Kier alpha value is -2.67. The fraction of sp³-hybridized carbons (Fsp3) is 0.235. The summed E-state index contributed by atoms with van der Waals surface area (Å²) >= 11 is 5.11. The molecule has 0 aliphatic carbocycles. The van der Waals surface area contributed by atoms with E-state index < -0.39 is 11.4 Å². The Kier molecular flexibility index (Phi) is 5.04. The Morgan fingerprint density at radius 3 is 2.21 bits per heavy atom. The van der Waals surface area contributed by atoms with E-state index in [2.05, 4.69) is 10.6 Å². The van der Waals surface area contributed by atoms with Gasteiger partial charge in [0.25, 0.3) is 0 Å². The molecule has 1 aromatic heterocycles. The average molecular weight is 346 g/mol. The molecule has 0 saturated heterocycles. The van der Waals surface area contributed by atoms with Crippen LogP contribution in [0.2, 0.25) is 0 Å². The number of thiocarbonyl (C=S) groups is 1. The summed E-state index contributed by atoms with van der Waals surface area (Å²) in [6.45, 7) is 5.40.